The first kappa shape index (κ1) is 21.4. The van der Waals surface area contributed by atoms with E-state index in [0.29, 0.717) is 25.1 Å². The van der Waals surface area contributed by atoms with E-state index in [1.807, 2.05) is 73.7 Å². The zero-order valence-corrected chi connectivity index (χ0v) is 18.8. The summed E-state index contributed by atoms with van der Waals surface area (Å²) in [5.74, 6) is -0.539. The number of nitrogens with one attached hydrogen (secondary N) is 2. The SMILES string of the molecule is CCOC1(NC(=O)C2(C(=O)Nc3ccccc3)CCCC2)c2ccccc2-c2ccccc21. The fraction of sp³-hybridized carbons (Fsp3) is 0.286. The van der Waals surface area contributed by atoms with Crippen molar-refractivity contribution in [2.75, 3.05) is 11.9 Å². The second kappa shape index (κ2) is 8.49. The van der Waals surface area contributed by atoms with Crippen LogP contribution in [0.2, 0.25) is 0 Å². The number of carbonyl (C=O) groups excluding carboxylic acids is 2. The van der Waals surface area contributed by atoms with Crippen LogP contribution < -0.4 is 10.6 Å². The van der Waals surface area contributed by atoms with Gasteiger partial charge in [0.25, 0.3) is 0 Å². The molecule has 2 N–H and O–H groups in total. The molecule has 3 aromatic carbocycles. The van der Waals surface area contributed by atoms with Gasteiger partial charge in [-0.05, 0) is 43.0 Å². The summed E-state index contributed by atoms with van der Waals surface area (Å²) in [6.07, 6.45) is 2.71. The maximum absolute atomic E-state index is 14.0. The lowest BCUT2D eigenvalue weighted by Gasteiger charge is -2.36. The summed E-state index contributed by atoms with van der Waals surface area (Å²) < 4.78 is 6.35. The maximum atomic E-state index is 14.0. The quantitative estimate of drug-likeness (QED) is 0.408. The van der Waals surface area contributed by atoms with Crippen LogP contribution in [0.3, 0.4) is 0 Å². The highest BCUT2D eigenvalue weighted by Crippen LogP contribution is 2.49. The lowest BCUT2D eigenvalue weighted by Crippen LogP contribution is -2.55. The molecule has 33 heavy (non-hydrogen) atoms. The van der Waals surface area contributed by atoms with Gasteiger partial charge in [-0.2, -0.15) is 0 Å². The monoisotopic (exact) mass is 440 g/mol. The number of para-hydroxylation sites is 1. The molecule has 5 nitrogen and oxygen atoms in total. The van der Waals surface area contributed by atoms with Gasteiger partial charge in [-0.15, -0.1) is 0 Å². The Bertz CT molecular complexity index is 1140. The number of hydrogen-bond acceptors (Lipinski definition) is 3. The molecule has 3 aromatic rings. The van der Waals surface area contributed by atoms with Gasteiger partial charge in [-0.25, -0.2) is 0 Å². The van der Waals surface area contributed by atoms with E-state index in [1.54, 1.807) is 0 Å². The number of anilines is 1. The molecule has 0 atom stereocenters. The van der Waals surface area contributed by atoms with Crippen LogP contribution in [0.5, 0.6) is 0 Å². The Morgan fingerprint density at radius 1 is 0.788 bits per heavy atom. The first-order valence-electron chi connectivity index (χ1n) is 11.6. The normalized spacial score (nSPS) is 17.1. The van der Waals surface area contributed by atoms with Crippen molar-refractivity contribution >= 4 is 17.5 Å². The zero-order chi connectivity index (χ0) is 22.9. The largest absolute Gasteiger partial charge is 0.347 e. The van der Waals surface area contributed by atoms with Crippen LogP contribution in [-0.2, 0) is 20.1 Å². The van der Waals surface area contributed by atoms with E-state index in [-0.39, 0.29) is 11.8 Å². The summed E-state index contributed by atoms with van der Waals surface area (Å²) in [5.41, 5.74) is 2.31. The van der Waals surface area contributed by atoms with Crippen molar-refractivity contribution in [3.8, 4) is 11.1 Å². The third-order valence-corrected chi connectivity index (χ3v) is 6.91. The molecule has 0 saturated heterocycles. The first-order valence-corrected chi connectivity index (χ1v) is 11.6. The summed E-state index contributed by atoms with van der Waals surface area (Å²) in [6.45, 7) is 2.33. The molecule has 5 heteroatoms. The van der Waals surface area contributed by atoms with E-state index in [1.165, 1.54) is 0 Å². The predicted molar refractivity (Wildman–Crippen MR) is 128 cm³/mol. The van der Waals surface area contributed by atoms with Crippen LogP contribution >= 0.6 is 0 Å². The average Bonchev–Trinajstić information content (AvgIpc) is 3.44. The third-order valence-electron chi connectivity index (χ3n) is 6.91. The molecule has 0 radical (unpaired) electrons. The van der Waals surface area contributed by atoms with Gasteiger partial charge >= 0.3 is 0 Å². The van der Waals surface area contributed by atoms with Gasteiger partial charge in [0, 0.05) is 23.4 Å². The Morgan fingerprint density at radius 3 is 1.91 bits per heavy atom. The minimum atomic E-state index is -1.13. The highest BCUT2D eigenvalue weighted by Gasteiger charge is 2.53. The minimum absolute atomic E-state index is 0.255. The molecule has 2 amide bonds. The lowest BCUT2D eigenvalue weighted by atomic mass is 9.82. The van der Waals surface area contributed by atoms with Crippen molar-refractivity contribution < 1.29 is 14.3 Å². The number of fused-ring (bicyclic) bond motifs is 3. The van der Waals surface area contributed by atoms with Gasteiger partial charge in [0.1, 0.15) is 5.41 Å². The molecular weight excluding hydrogens is 412 g/mol. The van der Waals surface area contributed by atoms with Crippen molar-refractivity contribution in [1.29, 1.82) is 0 Å². The fourth-order valence-electron chi connectivity index (χ4n) is 5.33. The average molecular weight is 441 g/mol. The minimum Gasteiger partial charge on any atom is -0.347 e. The Morgan fingerprint density at radius 2 is 1.33 bits per heavy atom. The van der Waals surface area contributed by atoms with E-state index in [4.69, 9.17) is 4.74 Å². The van der Waals surface area contributed by atoms with Crippen LogP contribution in [0.25, 0.3) is 11.1 Å². The van der Waals surface area contributed by atoms with Gasteiger partial charge in [0.15, 0.2) is 5.72 Å². The third kappa shape index (κ3) is 3.44. The van der Waals surface area contributed by atoms with Crippen molar-refractivity contribution in [3.63, 3.8) is 0 Å². The van der Waals surface area contributed by atoms with Gasteiger partial charge in [-0.1, -0.05) is 79.6 Å². The maximum Gasteiger partial charge on any atom is 0.240 e. The van der Waals surface area contributed by atoms with Crippen LogP contribution in [0, 0.1) is 5.41 Å². The van der Waals surface area contributed by atoms with E-state index < -0.39 is 11.1 Å². The van der Waals surface area contributed by atoms with E-state index >= 15 is 0 Å². The molecule has 0 bridgehead atoms. The van der Waals surface area contributed by atoms with Gasteiger partial charge < -0.3 is 15.4 Å². The van der Waals surface area contributed by atoms with Gasteiger partial charge in [-0.3, -0.25) is 9.59 Å². The van der Waals surface area contributed by atoms with Crippen LogP contribution in [0.4, 0.5) is 5.69 Å². The summed E-state index contributed by atoms with van der Waals surface area (Å²) in [7, 11) is 0. The van der Waals surface area contributed by atoms with Crippen LogP contribution in [-0.4, -0.2) is 18.4 Å². The Labute approximate surface area is 194 Å². The molecule has 5 rings (SSSR count). The van der Waals surface area contributed by atoms with Crippen molar-refractivity contribution in [3.05, 3.63) is 90.0 Å². The summed E-state index contributed by atoms with van der Waals surface area (Å²) in [4.78, 5) is 27.5. The number of carbonyl (C=O) groups is 2. The first-order chi connectivity index (χ1) is 16.1. The molecule has 2 aliphatic rings. The number of benzene rings is 3. The number of amides is 2. The molecular formula is C28H28N2O3. The molecule has 0 aliphatic heterocycles. The van der Waals surface area contributed by atoms with Crippen molar-refractivity contribution in [1.82, 2.24) is 5.32 Å². The van der Waals surface area contributed by atoms with E-state index in [2.05, 4.69) is 22.8 Å². The smallest absolute Gasteiger partial charge is 0.240 e. The molecule has 0 spiro atoms. The van der Waals surface area contributed by atoms with E-state index in [0.717, 1.165) is 35.1 Å². The Hall–Kier alpha value is -3.44. The Kier molecular flexibility index (Phi) is 5.51. The molecule has 0 aromatic heterocycles. The predicted octanol–water partition coefficient (Wildman–Crippen LogP) is 5.22. The topological polar surface area (TPSA) is 67.4 Å². The molecule has 1 saturated carbocycles. The Balaban J connectivity index is 1.54. The second-order valence-corrected chi connectivity index (χ2v) is 8.77. The van der Waals surface area contributed by atoms with Gasteiger partial charge in [0.05, 0.1) is 0 Å². The highest BCUT2D eigenvalue weighted by molar-refractivity contribution is 6.11. The highest BCUT2D eigenvalue weighted by atomic mass is 16.5. The molecule has 1 fully saturated rings. The molecule has 0 unspecified atom stereocenters. The summed E-state index contributed by atoms with van der Waals surface area (Å²) in [6, 6.07) is 25.3. The second-order valence-electron chi connectivity index (χ2n) is 8.77. The molecule has 168 valence electrons. The molecule has 0 heterocycles. The van der Waals surface area contributed by atoms with E-state index in [9.17, 15) is 9.59 Å². The zero-order valence-electron chi connectivity index (χ0n) is 18.8. The fourth-order valence-corrected chi connectivity index (χ4v) is 5.33. The summed E-state index contributed by atoms with van der Waals surface area (Å²) >= 11 is 0. The van der Waals surface area contributed by atoms with Crippen molar-refractivity contribution in [2.24, 2.45) is 5.41 Å². The number of rotatable bonds is 6. The van der Waals surface area contributed by atoms with Gasteiger partial charge in [0.2, 0.25) is 11.8 Å². The van der Waals surface area contributed by atoms with Crippen LogP contribution in [0.1, 0.15) is 43.7 Å². The van der Waals surface area contributed by atoms with Crippen molar-refractivity contribution in [2.45, 2.75) is 38.3 Å². The van der Waals surface area contributed by atoms with Crippen LogP contribution in [0.15, 0.2) is 78.9 Å². The standard InChI is InChI=1S/C28H28N2O3/c1-2-33-28(23-16-8-6-14-21(23)22-15-7-9-17-24(22)28)30-26(32)27(18-10-11-19-27)25(31)29-20-12-4-3-5-13-20/h3-9,12-17H,2,10-11,18-19H2,1H3,(H,29,31)(H,30,32). The summed E-state index contributed by atoms with van der Waals surface area (Å²) in [5, 5.41) is 6.21. The molecule has 2 aliphatic carbocycles. The number of ether oxygens (including phenoxy) is 1. The number of hydrogen-bond donors (Lipinski definition) is 2. The lowest BCUT2D eigenvalue weighted by molar-refractivity contribution is -0.146.